The van der Waals surface area contributed by atoms with Crippen LogP contribution in [0.1, 0.15) is 16.1 Å². The van der Waals surface area contributed by atoms with Crippen LogP contribution in [0.2, 0.25) is 0 Å². The van der Waals surface area contributed by atoms with Crippen molar-refractivity contribution in [3.05, 3.63) is 59.8 Å². The van der Waals surface area contributed by atoms with E-state index in [1.807, 2.05) is 20.2 Å². The molecule has 134 valence electrons. The topological polar surface area (TPSA) is 83.9 Å². The minimum atomic E-state index is -0.523. The minimum absolute atomic E-state index is 0.209. The molecule has 0 aliphatic carbocycles. The second-order valence-electron chi connectivity index (χ2n) is 5.73. The first kappa shape index (κ1) is 17.4. The molecule has 26 heavy (non-hydrogen) atoms. The first-order valence-electron chi connectivity index (χ1n) is 7.99. The lowest BCUT2D eigenvalue weighted by atomic mass is 10.1. The van der Waals surface area contributed by atoms with E-state index < -0.39 is 5.82 Å². The lowest BCUT2D eigenvalue weighted by Crippen LogP contribution is -2.19. The van der Waals surface area contributed by atoms with Crippen LogP contribution in [0.4, 0.5) is 27.3 Å². The molecular formula is C18H19FN6O. The number of anilines is 4. The number of hydrogen-bond acceptors (Lipinski definition) is 5. The van der Waals surface area contributed by atoms with Crippen molar-refractivity contribution in [3.8, 4) is 0 Å². The van der Waals surface area contributed by atoms with E-state index in [1.165, 1.54) is 0 Å². The van der Waals surface area contributed by atoms with Gasteiger partial charge in [0.15, 0.2) is 5.82 Å². The molecule has 0 aliphatic heterocycles. The van der Waals surface area contributed by atoms with E-state index in [0.29, 0.717) is 17.1 Å². The molecule has 2 heterocycles. The van der Waals surface area contributed by atoms with Crippen molar-refractivity contribution >= 4 is 28.8 Å². The number of carbonyl (C=O) groups is 1. The fourth-order valence-electron chi connectivity index (χ4n) is 2.53. The summed E-state index contributed by atoms with van der Waals surface area (Å²) in [6.45, 7) is 1.87. The summed E-state index contributed by atoms with van der Waals surface area (Å²) >= 11 is 0. The average molecular weight is 354 g/mol. The van der Waals surface area contributed by atoms with Gasteiger partial charge >= 0.3 is 0 Å². The molecule has 0 saturated heterocycles. The van der Waals surface area contributed by atoms with Crippen LogP contribution < -0.4 is 16.0 Å². The molecule has 0 radical (unpaired) electrons. The van der Waals surface area contributed by atoms with Gasteiger partial charge in [0.05, 0.1) is 34.5 Å². The smallest absolute Gasteiger partial charge is 0.253 e. The SMILES string of the molecule is CNC(=O)c1ccccc1Nc1cc(Nc2cn(C)nc2C)ncc1F. The van der Waals surface area contributed by atoms with Crippen LogP contribution in [0.25, 0.3) is 0 Å². The number of carbonyl (C=O) groups excluding carboxylic acids is 1. The summed E-state index contributed by atoms with van der Waals surface area (Å²) in [5.41, 5.74) is 2.71. The molecule has 3 rings (SSSR count). The van der Waals surface area contributed by atoms with Gasteiger partial charge in [-0.05, 0) is 19.1 Å². The highest BCUT2D eigenvalue weighted by Gasteiger charge is 2.13. The zero-order chi connectivity index (χ0) is 18.7. The summed E-state index contributed by atoms with van der Waals surface area (Å²) in [5, 5.41) is 12.9. The third-order valence-electron chi connectivity index (χ3n) is 3.80. The largest absolute Gasteiger partial charge is 0.355 e. The number of pyridine rings is 1. The number of hydrogen-bond donors (Lipinski definition) is 3. The molecule has 0 spiro atoms. The lowest BCUT2D eigenvalue weighted by Gasteiger charge is -2.13. The Balaban J connectivity index is 1.89. The van der Waals surface area contributed by atoms with E-state index in [0.717, 1.165) is 17.6 Å². The van der Waals surface area contributed by atoms with Crippen LogP contribution in [0.5, 0.6) is 0 Å². The van der Waals surface area contributed by atoms with Crippen molar-refractivity contribution in [2.24, 2.45) is 7.05 Å². The van der Waals surface area contributed by atoms with E-state index in [2.05, 4.69) is 26.0 Å². The van der Waals surface area contributed by atoms with E-state index in [1.54, 1.807) is 42.1 Å². The van der Waals surface area contributed by atoms with Gasteiger partial charge in [-0.1, -0.05) is 12.1 Å². The molecule has 0 bridgehead atoms. The van der Waals surface area contributed by atoms with Gasteiger partial charge in [0.25, 0.3) is 5.91 Å². The number of nitrogens with zero attached hydrogens (tertiary/aromatic N) is 3. The summed E-state index contributed by atoms with van der Waals surface area (Å²) in [4.78, 5) is 16.0. The first-order chi connectivity index (χ1) is 12.5. The second kappa shape index (κ2) is 7.22. The maximum Gasteiger partial charge on any atom is 0.253 e. The van der Waals surface area contributed by atoms with Gasteiger partial charge in [-0.25, -0.2) is 9.37 Å². The van der Waals surface area contributed by atoms with Gasteiger partial charge in [-0.15, -0.1) is 0 Å². The molecule has 0 fully saturated rings. The van der Waals surface area contributed by atoms with Gasteiger partial charge in [0, 0.05) is 26.4 Å². The van der Waals surface area contributed by atoms with Crippen LogP contribution in [-0.2, 0) is 7.05 Å². The number of amides is 1. The molecule has 0 unspecified atom stereocenters. The third-order valence-corrected chi connectivity index (χ3v) is 3.80. The fraction of sp³-hybridized carbons (Fsp3) is 0.167. The molecule has 0 atom stereocenters. The second-order valence-corrected chi connectivity index (χ2v) is 5.73. The Hall–Kier alpha value is -3.42. The highest BCUT2D eigenvalue weighted by molar-refractivity contribution is 6.00. The highest BCUT2D eigenvalue weighted by Crippen LogP contribution is 2.26. The summed E-state index contributed by atoms with van der Waals surface area (Å²) in [6.07, 6.45) is 2.94. The van der Waals surface area contributed by atoms with Crippen molar-refractivity contribution < 1.29 is 9.18 Å². The van der Waals surface area contributed by atoms with Crippen LogP contribution in [0.15, 0.2) is 42.7 Å². The number of benzene rings is 1. The average Bonchev–Trinajstić information content (AvgIpc) is 2.94. The summed E-state index contributed by atoms with van der Waals surface area (Å²) in [5.74, 6) is -0.320. The number of aromatic nitrogens is 3. The molecule has 3 N–H and O–H groups in total. The van der Waals surface area contributed by atoms with Crippen molar-refractivity contribution in [2.45, 2.75) is 6.92 Å². The maximum atomic E-state index is 14.2. The predicted octanol–water partition coefficient (Wildman–Crippen LogP) is 3.11. The Morgan fingerprint density at radius 1 is 1.15 bits per heavy atom. The normalized spacial score (nSPS) is 10.5. The van der Waals surface area contributed by atoms with Crippen molar-refractivity contribution in [1.29, 1.82) is 0 Å². The summed E-state index contributed by atoms with van der Waals surface area (Å²) < 4.78 is 15.9. The molecule has 2 aromatic heterocycles. The Morgan fingerprint density at radius 3 is 2.62 bits per heavy atom. The van der Waals surface area contributed by atoms with Gasteiger partial charge in [0.2, 0.25) is 0 Å². The first-order valence-corrected chi connectivity index (χ1v) is 7.99. The monoisotopic (exact) mass is 354 g/mol. The Bertz CT molecular complexity index is 953. The van der Waals surface area contributed by atoms with E-state index in [9.17, 15) is 9.18 Å². The molecule has 0 aliphatic rings. The summed E-state index contributed by atoms with van der Waals surface area (Å²) in [7, 11) is 3.36. The Morgan fingerprint density at radius 2 is 1.92 bits per heavy atom. The van der Waals surface area contributed by atoms with Gasteiger partial charge in [-0.3, -0.25) is 9.48 Å². The zero-order valence-corrected chi connectivity index (χ0v) is 14.7. The predicted molar refractivity (Wildman–Crippen MR) is 98.5 cm³/mol. The molecule has 7 nitrogen and oxygen atoms in total. The fourth-order valence-corrected chi connectivity index (χ4v) is 2.53. The number of rotatable bonds is 5. The standard InChI is InChI=1S/C18H19FN6O/c1-11-16(10-25(3)24-11)23-17-8-15(13(19)9-21-17)22-14-7-5-4-6-12(14)18(26)20-2/h4-10H,1-3H3,(H,20,26)(H2,21,22,23). The molecule has 3 aromatic rings. The lowest BCUT2D eigenvalue weighted by molar-refractivity contribution is 0.0964. The van der Waals surface area contributed by atoms with Gasteiger partial charge in [0.1, 0.15) is 5.82 Å². The van der Waals surface area contributed by atoms with E-state index in [4.69, 9.17) is 0 Å². The van der Waals surface area contributed by atoms with Crippen LogP contribution in [0, 0.1) is 12.7 Å². The van der Waals surface area contributed by atoms with Crippen molar-refractivity contribution in [2.75, 3.05) is 17.7 Å². The number of aryl methyl sites for hydroxylation is 2. The highest BCUT2D eigenvalue weighted by atomic mass is 19.1. The van der Waals surface area contributed by atoms with E-state index in [-0.39, 0.29) is 11.6 Å². The van der Waals surface area contributed by atoms with Crippen LogP contribution >= 0.6 is 0 Å². The van der Waals surface area contributed by atoms with Crippen LogP contribution in [0.3, 0.4) is 0 Å². The third kappa shape index (κ3) is 3.64. The summed E-state index contributed by atoms with van der Waals surface area (Å²) in [6, 6.07) is 8.44. The molecule has 0 saturated carbocycles. The number of para-hydroxylation sites is 1. The van der Waals surface area contributed by atoms with Gasteiger partial charge in [-0.2, -0.15) is 5.10 Å². The zero-order valence-electron chi connectivity index (χ0n) is 14.7. The Labute approximate surface area is 150 Å². The number of halogens is 1. The maximum absolute atomic E-state index is 14.2. The van der Waals surface area contributed by atoms with Crippen molar-refractivity contribution in [1.82, 2.24) is 20.1 Å². The van der Waals surface area contributed by atoms with Gasteiger partial charge < -0.3 is 16.0 Å². The van der Waals surface area contributed by atoms with Crippen LogP contribution in [-0.4, -0.2) is 27.7 Å². The molecule has 1 aromatic carbocycles. The molecule has 1 amide bonds. The number of nitrogens with one attached hydrogen (secondary N) is 3. The minimum Gasteiger partial charge on any atom is -0.355 e. The quantitative estimate of drug-likeness (QED) is 0.656. The Kier molecular flexibility index (Phi) is 4.83. The van der Waals surface area contributed by atoms with Crippen molar-refractivity contribution in [3.63, 3.8) is 0 Å². The molecular weight excluding hydrogens is 335 g/mol. The van der Waals surface area contributed by atoms with E-state index >= 15 is 0 Å². The molecule has 8 heteroatoms.